The van der Waals surface area contributed by atoms with Gasteiger partial charge in [0.25, 0.3) is 0 Å². The largest absolute Gasteiger partial charge is 0.0914 e. The highest BCUT2D eigenvalue weighted by atomic mass is 14.0. The lowest BCUT2D eigenvalue weighted by Gasteiger charge is -2.02. The lowest BCUT2D eigenvalue weighted by atomic mass is 10.0. The van der Waals surface area contributed by atoms with Crippen molar-refractivity contribution < 1.29 is 0 Å². The molecule has 0 aliphatic heterocycles. The molecule has 0 atom stereocenters. The van der Waals surface area contributed by atoms with Gasteiger partial charge in [0.2, 0.25) is 0 Å². The summed E-state index contributed by atoms with van der Waals surface area (Å²) in [6.07, 6.45) is 28.6. The lowest BCUT2D eigenvalue weighted by Crippen LogP contribution is -1.82. The molecule has 118 valence electrons. The summed E-state index contributed by atoms with van der Waals surface area (Å²) in [6.45, 7) is 4.37. The molecule has 0 aromatic carbocycles. The number of unbranched alkanes of at least 4 members (excludes halogenated alkanes) is 12. The fourth-order valence-corrected chi connectivity index (χ4v) is 2.53. The summed E-state index contributed by atoms with van der Waals surface area (Å²) >= 11 is 0. The Morgan fingerprint density at radius 2 is 1.05 bits per heavy atom. The van der Waals surface area contributed by atoms with Gasteiger partial charge in [-0.3, -0.25) is 0 Å². The summed E-state index contributed by atoms with van der Waals surface area (Å²) in [4.78, 5) is 0. The Balaban J connectivity index is 3.01. The second-order valence-corrected chi connectivity index (χ2v) is 5.95. The predicted molar refractivity (Wildman–Crippen MR) is 94.3 cm³/mol. The van der Waals surface area contributed by atoms with E-state index in [9.17, 15) is 0 Å². The molecule has 0 fully saturated rings. The van der Waals surface area contributed by atoms with Gasteiger partial charge in [-0.1, -0.05) is 102 Å². The molecular formula is C20H38. The van der Waals surface area contributed by atoms with E-state index < -0.39 is 0 Å². The third-order valence-electron chi connectivity index (χ3n) is 3.90. The molecular weight excluding hydrogens is 240 g/mol. The van der Waals surface area contributed by atoms with E-state index in [1.54, 1.807) is 0 Å². The Morgan fingerprint density at radius 1 is 0.550 bits per heavy atom. The number of hydrogen-bond donors (Lipinski definition) is 0. The zero-order valence-electron chi connectivity index (χ0n) is 14.2. The summed E-state index contributed by atoms with van der Waals surface area (Å²) in [6, 6.07) is 0. The number of hydrogen-bond acceptors (Lipinski definition) is 0. The molecule has 0 aliphatic rings. The van der Waals surface area contributed by atoms with Gasteiger partial charge < -0.3 is 0 Å². The summed E-state index contributed by atoms with van der Waals surface area (Å²) in [7, 11) is 0. The highest BCUT2D eigenvalue weighted by molar-refractivity contribution is 4.91. The van der Waals surface area contributed by atoms with Crippen LogP contribution in [-0.4, -0.2) is 0 Å². The van der Waals surface area contributed by atoms with Gasteiger partial charge in [-0.2, -0.15) is 0 Å². The number of rotatable bonds is 15. The molecule has 0 aromatic rings. The van der Waals surface area contributed by atoms with Gasteiger partial charge in [0.05, 0.1) is 0 Å². The van der Waals surface area contributed by atoms with E-state index in [2.05, 4.69) is 38.2 Å². The molecule has 0 saturated heterocycles. The van der Waals surface area contributed by atoms with Crippen molar-refractivity contribution in [2.24, 2.45) is 0 Å². The maximum Gasteiger partial charge on any atom is -0.0169 e. The van der Waals surface area contributed by atoms with Crippen LogP contribution in [0, 0.1) is 0 Å². The lowest BCUT2D eigenvalue weighted by molar-refractivity contribution is 0.545. The standard InChI is InChI=1S/C20H38/c1-3-5-7-9-11-13-15-17-19-20-18-16-14-12-10-8-6-4-2/h3,5,9,11H,4,6-8,10,12-20H2,1-2H3. The molecule has 0 spiro atoms. The summed E-state index contributed by atoms with van der Waals surface area (Å²) < 4.78 is 0. The molecule has 0 saturated carbocycles. The van der Waals surface area contributed by atoms with Crippen molar-refractivity contribution in [1.29, 1.82) is 0 Å². The Kier molecular flexibility index (Phi) is 18.0. The topological polar surface area (TPSA) is 0 Å². The van der Waals surface area contributed by atoms with Crippen molar-refractivity contribution in [3.05, 3.63) is 24.3 Å². The van der Waals surface area contributed by atoms with Crippen molar-refractivity contribution in [3.63, 3.8) is 0 Å². The van der Waals surface area contributed by atoms with Crippen LogP contribution in [0.4, 0.5) is 0 Å². The molecule has 0 radical (unpaired) electrons. The first-order chi connectivity index (χ1) is 9.91. The minimum absolute atomic E-state index is 1.11. The van der Waals surface area contributed by atoms with E-state index in [4.69, 9.17) is 0 Å². The Labute approximate surface area is 128 Å². The second-order valence-electron chi connectivity index (χ2n) is 5.95. The fourth-order valence-electron chi connectivity index (χ4n) is 2.53. The van der Waals surface area contributed by atoms with Crippen LogP contribution in [-0.2, 0) is 0 Å². The smallest absolute Gasteiger partial charge is 0.0169 e. The molecule has 0 heterocycles. The van der Waals surface area contributed by atoms with Crippen LogP contribution in [0.1, 0.15) is 104 Å². The monoisotopic (exact) mass is 278 g/mol. The zero-order valence-corrected chi connectivity index (χ0v) is 14.2. The van der Waals surface area contributed by atoms with Gasteiger partial charge in [-0.05, 0) is 26.2 Å². The molecule has 0 heteroatoms. The van der Waals surface area contributed by atoms with Gasteiger partial charge in [0.1, 0.15) is 0 Å². The molecule has 0 nitrogen and oxygen atoms in total. The maximum absolute atomic E-state index is 2.34. The van der Waals surface area contributed by atoms with Crippen LogP contribution in [0.3, 0.4) is 0 Å². The fraction of sp³-hybridized carbons (Fsp3) is 0.800. The summed E-state index contributed by atoms with van der Waals surface area (Å²) in [5.74, 6) is 0. The van der Waals surface area contributed by atoms with Crippen molar-refractivity contribution in [3.8, 4) is 0 Å². The normalized spacial score (nSPS) is 11.9. The minimum Gasteiger partial charge on any atom is -0.0914 e. The quantitative estimate of drug-likeness (QED) is 0.214. The van der Waals surface area contributed by atoms with Crippen molar-refractivity contribution >= 4 is 0 Å². The predicted octanol–water partition coefficient (Wildman–Crippen LogP) is 7.60. The van der Waals surface area contributed by atoms with E-state index in [0.717, 1.165) is 6.42 Å². The average Bonchev–Trinajstić information content (AvgIpc) is 2.47. The van der Waals surface area contributed by atoms with E-state index in [-0.39, 0.29) is 0 Å². The third kappa shape index (κ3) is 17.5. The van der Waals surface area contributed by atoms with Gasteiger partial charge in [-0.25, -0.2) is 0 Å². The van der Waals surface area contributed by atoms with Crippen molar-refractivity contribution in [2.45, 2.75) is 104 Å². The maximum atomic E-state index is 2.34. The molecule has 20 heavy (non-hydrogen) atoms. The third-order valence-corrected chi connectivity index (χ3v) is 3.90. The summed E-state index contributed by atoms with van der Waals surface area (Å²) in [5, 5.41) is 0. The molecule has 0 bridgehead atoms. The Morgan fingerprint density at radius 3 is 1.55 bits per heavy atom. The molecule has 0 aliphatic carbocycles. The highest BCUT2D eigenvalue weighted by Crippen LogP contribution is 2.12. The minimum atomic E-state index is 1.11. The molecule has 0 N–H and O–H groups in total. The summed E-state index contributed by atoms with van der Waals surface area (Å²) in [5.41, 5.74) is 0. The van der Waals surface area contributed by atoms with E-state index >= 15 is 0 Å². The molecule has 0 amide bonds. The Hall–Kier alpha value is -0.520. The van der Waals surface area contributed by atoms with Crippen LogP contribution >= 0.6 is 0 Å². The van der Waals surface area contributed by atoms with Crippen molar-refractivity contribution in [1.82, 2.24) is 0 Å². The van der Waals surface area contributed by atoms with Crippen LogP contribution in [0.5, 0.6) is 0 Å². The zero-order chi connectivity index (χ0) is 14.7. The van der Waals surface area contributed by atoms with Gasteiger partial charge in [0, 0.05) is 0 Å². The average molecular weight is 279 g/mol. The Bertz CT molecular complexity index is 212. The first-order valence-electron chi connectivity index (χ1n) is 9.18. The highest BCUT2D eigenvalue weighted by Gasteiger charge is 1.92. The second kappa shape index (κ2) is 18.5. The molecule has 0 aromatic heterocycles. The van der Waals surface area contributed by atoms with Crippen LogP contribution in [0.15, 0.2) is 24.3 Å². The van der Waals surface area contributed by atoms with E-state index in [0.29, 0.717) is 0 Å². The first-order valence-corrected chi connectivity index (χ1v) is 9.18. The van der Waals surface area contributed by atoms with Gasteiger partial charge in [-0.15, -0.1) is 0 Å². The van der Waals surface area contributed by atoms with Crippen LogP contribution in [0.25, 0.3) is 0 Å². The van der Waals surface area contributed by atoms with Crippen LogP contribution < -0.4 is 0 Å². The van der Waals surface area contributed by atoms with E-state index in [1.807, 2.05) is 0 Å². The van der Waals surface area contributed by atoms with Crippen LogP contribution in [0.2, 0.25) is 0 Å². The molecule has 0 rings (SSSR count). The van der Waals surface area contributed by atoms with E-state index in [1.165, 1.54) is 83.5 Å². The van der Waals surface area contributed by atoms with Crippen molar-refractivity contribution in [2.75, 3.05) is 0 Å². The SMILES string of the molecule is CC=CCC=CCCCCCCCCCCCCCC. The van der Waals surface area contributed by atoms with Gasteiger partial charge in [0.15, 0.2) is 0 Å². The van der Waals surface area contributed by atoms with Gasteiger partial charge >= 0.3 is 0 Å². The number of allylic oxidation sites excluding steroid dienone is 4. The molecule has 0 unspecified atom stereocenters. The first kappa shape index (κ1) is 19.5.